The Kier molecular flexibility index (Phi) is 5.80. The van der Waals surface area contributed by atoms with Crippen LogP contribution in [0.3, 0.4) is 0 Å². The number of halogens is 1. The maximum atomic E-state index is 13.1. The fourth-order valence-corrected chi connectivity index (χ4v) is 2.87. The van der Waals surface area contributed by atoms with Crippen LogP contribution >= 0.6 is 11.8 Å². The van der Waals surface area contributed by atoms with E-state index >= 15 is 0 Å². The summed E-state index contributed by atoms with van der Waals surface area (Å²) in [5.74, 6) is 0.215. The molecule has 3 aromatic rings. The number of aromatic nitrogens is 4. The van der Waals surface area contributed by atoms with Gasteiger partial charge in [0.2, 0.25) is 11.1 Å². The van der Waals surface area contributed by atoms with Gasteiger partial charge in [0.05, 0.1) is 19.4 Å². The van der Waals surface area contributed by atoms with Crippen molar-refractivity contribution in [3.05, 3.63) is 59.9 Å². The van der Waals surface area contributed by atoms with Crippen LogP contribution in [-0.2, 0) is 11.3 Å². The average Bonchev–Trinajstić information content (AvgIpc) is 3.08. The van der Waals surface area contributed by atoms with Gasteiger partial charge < -0.3 is 10.1 Å². The Hall–Kier alpha value is -2.94. The predicted octanol–water partition coefficient (Wildman–Crippen LogP) is 2.60. The number of carbonyl (C=O) groups is 1. The van der Waals surface area contributed by atoms with Gasteiger partial charge in [-0.15, -0.1) is 5.10 Å². The third-order valence-electron chi connectivity index (χ3n) is 3.43. The molecular formula is C17H16FN5O2S. The number of benzene rings is 2. The highest BCUT2D eigenvalue weighted by molar-refractivity contribution is 7.99. The molecule has 0 fully saturated rings. The second-order valence-electron chi connectivity index (χ2n) is 5.31. The molecule has 0 aliphatic heterocycles. The number of ether oxygens (including phenoxy) is 1. The highest BCUT2D eigenvalue weighted by atomic mass is 32.2. The van der Waals surface area contributed by atoms with Crippen molar-refractivity contribution < 1.29 is 13.9 Å². The van der Waals surface area contributed by atoms with Crippen molar-refractivity contribution in [3.63, 3.8) is 0 Å². The van der Waals surface area contributed by atoms with Crippen molar-refractivity contribution in [2.24, 2.45) is 0 Å². The summed E-state index contributed by atoms with van der Waals surface area (Å²) in [6, 6.07) is 13.3. The van der Waals surface area contributed by atoms with E-state index in [2.05, 4.69) is 20.8 Å². The SMILES string of the molecule is COc1ccc(Cn2nnnc2SCC(=O)Nc2cccc(F)c2)cc1. The minimum absolute atomic E-state index is 0.111. The molecule has 0 saturated heterocycles. The van der Waals surface area contributed by atoms with Crippen molar-refractivity contribution in [2.45, 2.75) is 11.7 Å². The van der Waals surface area contributed by atoms with Gasteiger partial charge in [-0.3, -0.25) is 4.79 Å². The van der Waals surface area contributed by atoms with Gasteiger partial charge in [-0.25, -0.2) is 9.07 Å². The minimum atomic E-state index is -0.404. The monoisotopic (exact) mass is 373 g/mol. The quantitative estimate of drug-likeness (QED) is 0.641. The lowest BCUT2D eigenvalue weighted by molar-refractivity contribution is -0.113. The van der Waals surface area contributed by atoms with Gasteiger partial charge in [0.25, 0.3) is 0 Å². The molecule has 0 atom stereocenters. The first-order valence-corrected chi connectivity index (χ1v) is 8.70. The number of thioether (sulfide) groups is 1. The number of nitrogens with zero attached hydrogens (tertiary/aromatic N) is 4. The van der Waals surface area contributed by atoms with E-state index in [1.807, 2.05) is 24.3 Å². The topological polar surface area (TPSA) is 81.9 Å². The molecule has 1 aromatic heterocycles. The van der Waals surface area contributed by atoms with Gasteiger partial charge in [-0.05, 0) is 46.3 Å². The molecule has 7 nitrogen and oxygen atoms in total. The maximum Gasteiger partial charge on any atom is 0.234 e. The molecule has 2 aromatic carbocycles. The molecule has 134 valence electrons. The van der Waals surface area contributed by atoms with Gasteiger partial charge in [-0.1, -0.05) is 30.0 Å². The Bertz CT molecular complexity index is 885. The Morgan fingerprint density at radius 2 is 2.08 bits per heavy atom. The largest absolute Gasteiger partial charge is 0.497 e. The standard InChI is InChI=1S/C17H16FN5O2S/c1-25-15-7-5-12(6-8-15)10-23-17(20-21-22-23)26-11-16(24)19-14-4-2-3-13(18)9-14/h2-9H,10-11H2,1H3,(H,19,24). The van der Waals surface area contributed by atoms with Crippen LogP contribution in [-0.4, -0.2) is 39.0 Å². The lowest BCUT2D eigenvalue weighted by Crippen LogP contribution is -2.15. The lowest BCUT2D eigenvalue weighted by Gasteiger charge is -2.07. The van der Waals surface area contributed by atoms with E-state index in [1.165, 1.54) is 30.0 Å². The number of carbonyl (C=O) groups excluding carboxylic acids is 1. The van der Waals surface area contributed by atoms with Crippen LogP contribution in [0.1, 0.15) is 5.56 Å². The third kappa shape index (κ3) is 4.79. The van der Waals surface area contributed by atoms with E-state index in [0.29, 0.717) is 17.4 Å². The zero-order valence-corrected chi connectivity index (χ0v) is 14.7. The molecule has 1 heterocycles. The first-order chi connectivity index (χ1) is 12.6. The fraction of sp³-hybridized carbons (Fsp3) is 0.176. The summed E-state index contributed by atoms with van der Waals surface area (Å²) in [5.41, 5.74) is 1.41. The van der Waals surface area contributed by atoms with Crippen LogP contribution in [0.15, 0.2) is 53.7 Å². The van der Waals surface area contributed by atoms with Crippen molar-refractivity contribution in [1.82, 2.24) is 20.2 Å². The summed E-state index contributed by atoms with van der Waals surface area (Å²) in [4.78, 5) is 12.0. The van der Waals surface area contributed by atoms with Crippen LogP contribution in [0, 0.1) is 5.82 Å². The normalized spacial score (nSPS) is 10.5. The number of tetrazole rings is 1. The van der Waals surface area contributed by atoms with E-state index in [0.717, 1.165) is 11.3 Å². The first kappa shape index (κ1) is 17.9. The molecule has 26 heavy (non-hydrogen) atoms. The highest BCUT2D eigenvalue weighted by Crippen LogP contribution is 2.17. The number of hydrogen-bond acceptors (Lipinski definition) is 6. The van der Waals surface area contributed by atoms with E-state index < -0.39 is 5.82 Å². The number of anilines is 1. The summed E-state index contributed by atoms with van der Waals surface area (Å²) in [7, 11) is 1.61. The molecule has 1 amide bonds. The molecule has 1 N–H and O–H groups in total. The number of methoxy groups -OCH3 is 1. The summed E-state index contributed by atoms with van der Waals surface area (Å²) >= 11 is 1.21. The Balaban J connectivity index is 1.57. The van der Waals surface area contributed by atoms with Gasteiger partial charge in [0.15, 0.2) is 0 Å². The van der Waals surface area contributed by atoms with Gasteiger partial charge in [0.1, 0.15) is 11.6 Å². The van der Waals surface area contributed by atoms with E-state index in [9.17, 15) is 9.18 Å². The zero-order valence-electron chi connectivity index (χ0n) is 13.9. The van der Waals surface area contributed by atoms with Crippen molar-refractivity contribution in [3.8, 4) is 5.75 Å². The molecule has 0 bridgehead atoms. The first-order valence-electron chi connectivity index (χ1n) is 7.71. The van der Waals surface area contributed by atoms with Crippen molar-refractivity contribution in [2.75, 3.05) is 18.2 Å². The summed E-state index contributed by atoms with van der Waals surface area (Å²) < 4.78 is 19.9. The highest BCUT2D eigenvalue weighted by Gasteiger charge is 2.11. The summed E-state index contributed by atoms with van der Waals surface area (Å²) in [6.07, 6.45) is 0. The van der Waals surface area contributed by atoms with Crippen molar-refractivity contribution in [1.29, 1.82) is 0 Å². The van der Waals surface area contributed by atoms with Gasteiger partial charge in [-0.2, -0.15) is 0 Å². The smallest absolute Gasteiger partial charge is 0.234 e. The summed E-state index contributed by atoms with van der Waals surface area (Å²) in [6.45, 7) is 0.477. The molecule has 0 unspecified atom stereocenters. The lowest BCUT2D eigenvalue weighted by atomic mass is 10.2. The average molecular weight is 373 g/mol. The van der Waals surface area contributed by atoms with Gasteiger partial charge in [0, 0.05) is 5.69 Å². The number of hydrogen-bond donors (Lipinski definition) is 1. The Morgan fingerprint density at radius 3 is 2.81 bits per heavy atom. The molecule has 0 saturated carbocycles. The van der Waals surface area contributed by atoms with Crippen LogP contribution in [0.2, 0.25) is 0 Å². The number of amides is 1. The van der Waals surface area contributed by atoms with E-state index in [-0.39, 0.29) is 11.7 Å². The number of nitrogens with one attached hydrogen (secondary N) is 1. The molecule has 9 heteroatoms. The molecule has 3 rings (SSSR count). The van der Waals surface area contributed by atoms with Gasteiger partial charge >= 0.3 is 0 Å². The van der Waals surface area contributed by atoms with Crippen LogP contribution in [0.25, 0.3) is 0 Å². The summed E-state index contributed by atoms with van der Waals surface area (Å²) in [5, 5.41) is 14.7. The fourth-order valence-electron chi connectivity index (χ4n) is 2.20. The van der Waals surface area contributed by atoms with E-state index in [1.54, 1.807) is 17.9 Å². The molecule has 0 aliphatic carbocycles. The van der Waals surface area contributed by atoms with Crippen LogP contribution < -0.4 is 10.1 Å². The molecule has 0 spiro atoms. The Labute approximate surface area is 153 Å². The number of rotatable bonds is 7. The predicted molar refractivity (Wildman–Crippen MR) is 95.7 cm³/mol. The van der Waals surface area contributed by atoms with Crippen LogP contribution in [0.4, 0.5) is 10.1 Å². The molecule has 0 aliphatic rings. The Morgan fingerprint density at radius 1 is 1.27 bits per heavy atom. The van der Waals surface area contributed by atoms with Crippen LogP contribution in [0.5, 0.6) is 5.75 Å². The van der Waals surface area contributed by atoms with E-state index in [4.69, 9.17) is 4.74 Å². The minimum Gasteiger partial charge on any atom is -0.497 e. The molecule has 0 radical (unpaired) electrons. The second-order valence-corrected chi connectivity index (χ2v) is 6.26. The maximum absolute atomic E-state index is 13.1. The third-order valence-corrected chi connectivity index (χ3v) is 4.39. The van der Waals surface area contributed by atoms with Crippen molar-refractivity contribution >= 4 is 23.4 Å². The second kappa shape index (κ2) is 8.43. The molecular weight excluding hydrogens is 357 g/mol. The zero-order chi connectivity index (χ0) is 18.4.